The largest absolute Gasteiger partial charge is 0.573 e. The lowest BCUT2D eigenvalue weighted by atomic mass is 9.98. The van der Waals surface area contributed by atoms with Crippen molar-refractivity contribution in [1.82, 2.24) is 4.90 Å². The van der Waals surface area contributed by atoms with Crippen molar-refractivity contribution in [3.05, 3.63) is 78.4 Å². The lowest BCUT2D eigenvalue weighted by Gasteiger charge is -2.30. The normalized spacial score (nSPS) is 14.2. The minimum atomic E-state index is -4.89. The van der Waals surface area contributed by atoms with Gasteiger partial charge in [-0.2, -0.15) is 0 Å². The highest BCUT2D eigenvalue weighted by molar-refractivity contribution is 6.09. The Morgan fingerprint density at radius 1 is 0.917 bits per heavy atom. The van der Waals surface area contributed by atoms with E-state index in [9.17, 15) is 22.8 Å². The van der Waals surface area contributed by atoms with Gasteiger partial charge in [0.15, 0.2) is 0 Å². The van der Waals surface area contributed by atoms with E-state index >= 15 is 0 Å². The van der Waals surface area contributed by atoms with Crippen molar-refractivity contribution in [2.45, 2.75) is 25.3 Å². The number of amides is 2. The minimum absolute atomic E-state index is 0.00955. The van der Waals surface area contributed by atoms with Crippen molar-refractivity contribution >= 4 is 17.7 Å². The summed E-state index contributed by atoms with van der Waals surface area (Å²) in [6, 6.07) is 19.1. The number of alkyl halides is 3. The second-order valence-electron chi connectivity index (χ2n) is 8.19. The Hall–Kier alpha value is -4.21. The van der Waals surface area contributed by atoms with Crippen molar-refractivity contribution in [1.29, 1.82) is 0 Å². The van der Waals surface area contributed by atoms with Crippen LogP contribution in [0.1, 0.15) is 23.2 Å². The molecule has 3 aromatic carbocycles. The van der Waals surface area contributed by atoms with E-state index in [0.717, 1.165) is 12.1 Å². The smallest absolute Gasteiger partial charge is 0.490 e. The van der Waals surface area contributed by atoms with Crippen LogP contribution >= 0.6 is 0 Å². The molecule has 10 heteroatoms. The zero-order chi connectivity index (χ0) is 25.7. The number of benzene rings is 3. The summed E-state index contributed by atoms with van der Waals surface area (Å²) in [7, 11) is 0. The van der Waals surface area contributed by atoms with E-state index in [1.807, 2.05) is 0 Å². The van der Waals surface area contributed by atoms with Crippen molar-refractivity contribution in [3.8, 4) is 22.6 Å². The van der Waals surface area contributed by atoms with E-state index in [-0.39, 0.29) is 11.7 Å². The maximum absolute atomic E-state index is 13.2. The van der Waals surface area contributed by atoms with Gasteiger partial charge in [0, 0.05) is 37.7 Å². The summed E-state index contributed by atoms with van der Waals surface area (Å²) < 4.78 is 48.3. The number of piperidine rings is 1. The van der Waals surface area contributed by atoms with Crippen LogP contribution in [0, 0.1) is 0 Å². The van der Waals surface area contributed by atoms with E-state index in [4.69, 9.17) is 9.84 Å². The summed E-state index contributed by atoms with van der Waals surface area (Å²) in [6.45, 7) is 0.740. The number of hydrogen-bond donors (Lipinski definition) is 2. The molecule has 2 amide bonds. The molecule has 1 heterocycles. The maximum atomic E-state index is 13.2. The third kappa shape index (κ3) is 6.47. The highest BCUT2D eigenvalue weighted by Gasteiger charge is 2.31. The molecule has 0 aromatic heterocycles. The van der Waals surface area contributed by atoms with Crippen LogP contribution in [0.2, 0.25) is 0 Å². The Bertz CT molecular complexity index is 1230. The van der Waals surface area contributed by atoms with E-state index in [1.54, 1.807) is 54.6 Å². The molecule has 36 heavy (non-hydrogen) atoms. The third-order valence-electron chi connectivity index (χ3n) is 5.66. The number of rotatable bonds is 6. The Labute approximate surface area is 205 Å². The van der Waals surface area contributed by atoms with Crippen molar-refractivity contribution in [2.24, 2.45) is 0 Å². The highest BCUT2D eigenvalue weighted by Crippen LogP contribution is 2.31. The summed E-state index contributed by atoms with van der Waals surface area (Å²) in [4.78, 5) is 25.6. The van der Waals surface area contributed by atoms with Gasteiger partial charge in [0.2, 0.25) is 0 Å². The quantitative estimate of drug-likeness (QED) is 0.432. The number of ether oxygens (including phenoxy) is 2. The molecule has 188 valence electrons. The molecule has 1 aliphatic heterocycles. The van der Waals surface area contributed by atoms with Gasteiger partial charge in [0.1, 0.15) is 17.6 Å². The molecule has 1 aliphatic rings. The van der Waals surface area contributed by atoms with Crippen LogP contribution in [0.15, 0.2) is 72.8 Å². The summed E-state index contributed by atoms with van der Waals surface area (Å²) >= 11 is 0. The van der Waals surface area contributed by atoms with Crippen molar-refractivity contribution in [3.63, 3.8) is 0 Å². The molecule has 0 spiro atoms. The molecule has 0 unspecified atom stereocenters. The molecule has 0 saturated carbocycles. The van der Waals surface area contributed by atoms with Crippen LogP contribution in [0.25, 0.3) is 11.1 Å². The van der Waals surface area contributed by atoms with Gasteiger partial charge in [-0.1, -0.05) is 36.4 Å². The fourth-order valence-electron chi connectivity index (χ4n) is 3.98. The molecule has 1 fully saturated rings. The van der Waals surface area contributed by atoms with Crippen LogP contribution in [-0.4, -0.2) is 47.6 Å². The Morgan fingerprint density at radius 2 is 1.64 bits per heavy atom. The molecule has 7 nitrogen and oxygen atoms in total. The second kappa shape index (κ2) is 10.6. The first-order valence-corrected chi connectivity index (χ1v) is 11.2. The molecule has 0 atom stereocenters. The Morgan fingerprint density at radius 3 is 2.31 bits per heavy atom. The van der Waals surface area contributed by atoms with Gasteiger partial charge < -0.3 is 24.8 Å². The van der Waals surface area contributed by atoms with Gasteiger partial charge >= 0.3 is 12.5 Å². The predicted octanol–water partition coefficient (Wildman–Crippen LogP) is 6.03. The third-order valence-corrected chi connectivity index (χ3v) is 5.66. The van der Waals surface area contributed by atoms with Crippen LogP contribution < -0.4 is 14.8 Å². The van der Waals surface area contributed by atoms with E-state index in [0.29, 0.717) is 48.5 Å². The van der Waals surface area contributed by atoms with Gasteiger partial charge in [-0.25, -0.2) is 4.79 Å². The number of nitrogens with one attached hydrogen (secondary N) is 1. The Kier molecular flexibility index (Phi) is 7.33. The second-order valence-corrected chi connectivity index (χ2v) is 8.19. The number of nitrogens with zero attached hydrogens (tertiary/aromatic N) is 1. The first kappa shape index (κ1) is 24.9. The molecular weight excluding hydrogens is 477 g/mol. The first-order chi connectivity index (χ1) is 17.2. The minimum Gasteiger partial charge on any atom is -0.490 e. The number of halogens is 3. The molecule has 0 aliphatic carbocycles. The molecular formula is C26H23F3N2O5. The van der Waals surface area contributed by atoms with E-state index in [2.05, 4.69) is 10.1 Å². The topological polar surface area (TPSA) is 88.1 Å². The fraction of sp³-hybridized carbons (Fsp3) is 0.231. The summed E-state index contributed by atoms with van der Waals surface area (Å²) in [5.41, 5.74) is 1.50. The molecule has 2 N–H and O–H groups in total. The first-order valence-electron chi connectivity index (χ1n) is 11.2. The fourth-order valence-corrected chi connectivity index (χ4v) is 3.98. The van der Waals surface area contributed by atoms with Gasteiger partial charge in [-0.15, -0.1) is 13.2 Å². The van der Waals surface area contributed by atoms with Gasteiger partial charge in [-0.3, -0.25) is 4.79 Å². The van der Waals surface area contributed by atoms with Crippen LogP contribution in [-0.2, 0) is 0 Å². The van der Waals surface area contributed by atoms with Crippen molar-refractivity contribution in [2.75, 3.05) is 18.4 Å². The van der Waals surface area contributed by atoms with Crippen LogP contribution in [0.5, 0.6) is 11.5 Å². The summed E-state index contributed by atoms with van der Waals surface area (Å²) in [5, 5.41) is 11.8. The zero-order valence-corrected chi connectivity index (χ0v) is 19.0. The number of hydrogen-bond acceptors (Lipinski definition) is 4. The predicted molar refractivity (Wildman–Crippen MR) is 126 cm³/mol. The average molecular weight is 500 g/mol. The monoisotopic (exact) mass is 500 g/mol. The number of anilines is 1. The lowest BCUT2D eigenvalue weighted by Crippen LogP contribution is -2.41. The van der Waals surface area contributed by atoms with E-state index in [1.165, 1.54) is 11.0 Å². The van der Waals surface area contributed by atoms with Gasteiger partial charge in [0.25, 0.3) is 5.91 Å². The number of carbonyl (C=O) groups is 2. The standard InChI is InChI=1S/C26H23F3N2O5/c27-26(28,29)36-21-9-10-22(17-5-2-1-3-6-17)23(16-21)24(32)30-18-7-4-8-20(15-18)35-19-11-13-31(14-12-19)25(33)34/h1-10,15-16,19H,11-14H2,(H,30,32)(H,33,34). The molecule has 3 aromatic rings. The number of carbonyl (C=O) groups excluding carboxylic acids is 1. The molecule has 1 saturated heterocycles. The van der Waals surface area contributed by atoms with Crippen molar-refractivity contribution < 1.29 is 37.3 Å². The van der Waals surface area contributed by atoms with Crippen LogP contribution in [0.4, 0.5) is 23.7 Å². The molecule has 0 bridgehead atoms. The number of carboxylic acid groups (broad SMARTS) is 1. The molecule has 4 rings (SSSR count). The van der Waals surface area contributed by atoms with E-state index < -0.39 is 24.1 Å². The molecule has 0 radical (unpaired) electrons. The van der Waals surface area contributed by atoms with Crippen LogP contribution in [0.3, 0.4) is 0 Å². The SMILES string of the molecule is O=C(Nc1cccc(OC2CCN(C(=O)O)CC2)c1)c1cc(OC(F)(F)F)ccc1-c1ccccc1. The summed E-state index contributed by atoms with van der Waals surface area (Å²) in [6.07, 6.45) is -4.95. The average Bonchev–Trinajstić information content (AvgIpc) is 2.84. The van der Waals surface area contributed by atoms with Gasteiger partial charge in [-0.05, 0) is 41.5 Å². The summed E-state index contributed by atoms with van der Waals surface area (Å²) in [5.74, 6) is -0.635. The van der Waals surface area contributed by atoms with Gasteiger partial charge in [0.05, 0.1) is 5.56 Å². The lowest BCUT2D eigenvalue weighted by molar-refractivity contribution is -0.274. The highest BCUT2D eigenvalue weighted by atomic mass is 19.4. The Balaban J connectivity index is 1.52. The number of likely N-dealkylation sites (tertiary alicyclic amines) is 1. The maximum Gasteiger partial charge on any atom is 0.573 e. The zero-order valence-electron chi connectivity index (χ0n) is 19.0.